The van der Waals surface area contributed by atoms with Crippen LogP contribution < -0.4 is 0 Å². The summed E-state index contributed by atoms with van der Waals surface area (Å²) < 4.78 is 6.33. The average molecular weight is 563 g/mol. The van der Waals surface area contributed by atoms with Gasteiger partial charge in [0.1, 0.15) is 0 Å². The zero-order chi connectivity index (χ0) is 29.1. The molecule has 4 aliphatic rings. The Balaban J connectivity index is 1.16. The minimum absolute atomic E-state index is 0.0657. The van der Waals surface area contributed by atoms with Crippen molar-refractivity contribution in [3.05, 3.63) is 0 Å². The Labute approximate surface area is 247 Å². The predicted octanol–water partition coefficient (Wildman–Crippen LogP) is 8.30. The van der Waals surface area contributed by atoms with Crippen molar-refractivity contribution in [1.82, 2.24) is 0 Å². The van der Waals surface area contributed by atoms with Gasteiger partial charge < -0.3 is 20.1 Å². The van der Waals surface area contributed by atoms with Crippen molar-refractivity contribution in [3.63, 3.8) is 0 Å². The van der Waals surface area contributed by atoms with Gasteiger partial charge in [-0.05, 0) is 155 Å². The largest absolute Gasteiger partial charge is 0.393 e. The molecular weight excluding hydrogens is 496 g/mol. The van der Waals surface area contributed by atoms with E-state index in [2.05, 4.69) is 41.5 Å². The van der Waals surface area contributed by atoms with E-state index < -0.39 is 0 Å². The molecule has 1 unspecified atom stereocenters. The van der Waals surface area contributed by atoms with Gasteiger partial charge in [-0.3, -0.25) is 0 Å². The van der Waals surface area contributed by atoms with Crippen molar-refractivity contribution >= 4 is 0 Å². The summed E-state index contributed by atoms with van der Waals surface area (Å²) in [6.07, 6.45) is 19.2. The zero-order valence-electron chi connectivity index (χ0n) is 27.2. The molecule has 0 saturated heterocycles. The number of hydrogen-bond donors (Lipinski definition) is 3. The fraction of sp³-hybridized carbons (Fsp3) is 1.00. The summed E-state index contributed by atoms with van der Waals surface area (Å²) >= 11 is 0. The monoisotopic (exact) mass is 562 g/mol. The Hall–Kier alpha value is -0.160. The van der Waals surface area contributed by atoms with Crippen molar-refractivity contribution < 1.29 is 20.1 Å². The summed E-state index contributed by atoms with van der Waals surface area (Å²) in [5.74, 6) is 3.72. The highest BCUT2D eigenvalue weighted by molar-refractivity contribution is 4.94. The van der Waals surface area contributed by atoms with E-state index in [0.717, 1.165) is 68.6 Å². The summed E-state index contributed by atoms with van der Waals surface area (Å²) in [4.78, 5) is 0. The molecule has 40 heavy (non-hydrogen) atoms. The molecule has 0 aromatic rings. The van der Waals surface area contributed by atoms with E-state index in [1.165, 1.54) is 64.2 Å². The lowest BCUT2D eigenvalue weighted by molar-refractivity contribution is -0.0623. The lowest BCUT2D eigenvalue weighted by Crippen LogP contribution is -2.40. The van der Waals surface area contributed by atoms with Gasteiger partial charge >= 0.3 is 0 Å². The van der Waals surface area contributed by atoms with Gasteiger partial charge in [-0.2, -0.15) is 0 Å². The Kier molecular flexibility index (Phi) is 11.2. The highest BCUT2D eigenvalue weighted by Crippen LogP contribution is 2.52. The molecule has 0 spiro atoms. The van der Waals surface area contributed by atoms with E-state index in [1.54, 1.807) is 0 Å². The van der Waals surface area contributed by atoms with Gasteiger partial charge in [-0.1, -0.05) is 41.5 Å². The van der Waals surface area contributed by atoms with Crippen molar-refractivity contribution in [1.29, 1.82) is 0 Å². The Bertz CT molecular complexity index is 743. The van der Waals surface area contributed by atoms with Crippen LogP contribution in [0.3, 0.4) is 0 Å². The van der Waals surface area contributed by atoms with Crippen LogP contribution in [0.15, 0.2) is 0 Å². The molecule has 4 aliphatic carbocycles. The molecule has 0 aromatic heterocycles. The minimum atomic E-state index is -0.374. The van der Waals surface area contributed by atoms with Gasteiger partial charge in [0.25, 0.3) is 0 Å². The summed E-state index contributed by atoms with van der Waals surface area (Å²) in [6, 6.07) is 0. The first-order valence-electron chi connectivity index (χ1n) is 17.4. The number of aliphatic hydroxyl groups excluding tert-OH is 3. The molecule has 4 rings (SSSR count). The van der Waals surface area contributed by atoms with Gasteiger partial charge in [0, 0.05) is 0 Å². The molecule has 234 valence electrons. The Morgan fingerprint density at radius 1 is 0.525 bits per heavy atom. The van der Waals surface area contributed by atoms with E-state index in [0.29, 0.717) is 29.5 Å². The van der Waals surface area contributed by atoms with Crippen molar-refractivity contribution in [3.8, 4) is 0 Å². The summed E-state index contributed by atoms with van der Waals surface area (Å²) in [5.41, 5.74) is 0.861. The van der Waals surface area contributed by atoms with E-state index in [1.807, 2.05) is 0 Å². The maximum absolute atomic E-state index is 11.0. The first-order valence-corrected chi connectivity index (χ1v) is 17.4. The van der Waals surface area contributed by atoms with Crippen LogP contribution in [0.1, 0.15) is 151 Å². The molecule has 3 N–H and O–H groups in total. The smallest absolute Gasteiger partial charge is 0.0779 e. The van der Waals surface area contributed by atoms with Crippen LogP contribution in [0.2, 0.25) is 0 Å². The second-order valence-electron chi connectivity index (χ2n) is 16.9. The molecule has 4 fully saturated rings. The first-order chi connectivity index (χ1) is 18.8. The second-order valence-corrected chi connectivity index (χ2v) is 16.9. The molecule has 4 heteroatoms. The highest BCUT2D eigenvalue weighted by atomic mass is 16.5. The van der Waals surface area contributed by atoms with Crippen LogP contribution in [0.4, 0.5) is 0 Å². The number of aliphatic hydroxyl groups is 3. The van der Waals surface area contributed by atoms with Crippen molar-refractivity contribution in [2.75, 3.05) is 6.61 Å². The van der Waals surface area contributed by atoms with Gasteiger partial charge in [0.15, 0.2) is 0 Å². The van der Waals surface area contributed by atoms with Crippen LogP contribution in [0.5, 0.6) is 0 Å². The number of rotatable bonds is 10. The molecule has 0 bridgehead atoms. The highest BCUT2D eigenvalue weighted by Gasteiger charge is 2.43. The van der Waals surface area contributed by atoms with Crippen LogP contribution in [-0.2, 0) is 4.74 Å². The maximum atomic E-state index is 11.0. The molecule has 0 heterocycles. The standard InChI is InChI=1S/C36H66O4/c1-34(2,25-7-9-26(10-8-25)35(3,4)27-11-17-30(37)18-12-27)23-32(39)24-40-33-21-15-29(16-22-33)36(5,6)28-13-19-31(38)20-14-28/h25-33,37-39H,7-24H2,1-6H3. The van der Waals surface area contributed by atoms with Crippen LogP contribution in [0, 0.1) is 45.8 Å². The third-order valence-corrected chi connectivity index (χ3v) is 13.4. The van der Waals surface area contributed by atoms with Crippen LogP contribution in [0.25, 0.3) is 0 Å². The van der Waals surface area contributed by atoms with Crippen molar-refractivity contribution in [2.24, 2.45) is 45.8 Å². The minimum Gasteiger partial charge on any atom is -0.393 e. The third-order valence-electron chi connectivity index (χ3n) is 13.4. The molecule has 4 nitrogen and oxygen atoms in total. The normalized spacial score (nSPS) is 37.7. The molecule has 0 radical (unpaired) electrons. The third kappa shape index (κ3) is 8.06. The Morgan fingerprint density at radius 3 is 1.25 bits per heavy atom. The average Bonchev–Trinajstić information content (AvgIpc) is 2.92. The molecule has 0 amide bonds. The molecule has 0 aromatic carbocycles. The van der Waals surface area contributed by atoms with E-state index >= 15 is 0 Å². The lowest BCUT2D eigenvalue weighted by atomic mass is 9.57. The van der Waals surface area contributed by atoms with E-state index in [-0.39, 0.29) is 23.7 Å². The van der Waals surface area contributed by atoms with Crippen LogP contribution >= 0.6 is 0 Å². The van der Waals surface area contributed by atoms with Gasteiger partial charge in [0.2, 0.25) is 0 Å². The first kappa shape index (κ1) is 32.7. The zero-order valence-corrected chi connectivity index (χ0v) is 27.2. The predicted molar refractivity (Wildman–Crippen MR) is 165 cm³/mol. The SMILES string of the molecule is CC(C)(CC(O)COC1CCC(C(C)(C)C2CCC(O)CC2)CC1)C1CCC(C(C)(C)C2CCC(O)CC2)CC1. The molecule has 0 aliphatic heterocycles. The van der Waals surface area contributed by atoms with Gasteiger partial charge in [-0.25, -0.2) is 0 Å². The Morgan fingerprint density at radius 2 is 0.850 bits per heavy atom. The maximum Gasteiger partial charge on any atom is 0.0779 e. The summed E-state index contributed by atoms with van der Waals surface area (Å²) in [6.45, 7) is 15.2. The van der Waals surface area contributed by atoms with Crippen LogP contribution in [-0.4, -0.2) is 46.3 Å². The van der Waals surface area contributed by atoms with Gasteiger partial charge in [-0.15, -0.1) is 0 Å². The molecule has 4 saturated carbocycles. The summed E-state index contributed by atoms with van der Waals surface area (Å²) in [5, 5.41) is 30.9. The lowest BCUT2D eigenvalue weighted by Gasteiger charge is -2.48. The topological polar surface area (TPSA) is 69.9 Å². The number of hydrogen-bond acceptors (Lipinski definition) is 4. The quantitative estimate of drug-likeness (QED) is 0.250. The van der Waals surface area contributed by atoms with Gasteiger partial charge in [0.05, 0.1) is 31.0 Å². The number of ether oxygens (including phenoxy) is 1. The van der Waals surface area contributed by atoms with E-state index in [9.17, 15) is 15.3 Å². The fourth-order valence-electron chi connectivity index (χ4n) is 9.98. The van der Waals surface area contributed by atoms with E-state index in [4.69, 9.17) is 4.74 Å². The molecule has 1 atom stereocenters. The van der Waals surface area contributed by atoms with Crippen molar-refractivity contribution in [2.45, 2.75) is 175 Å². The fourth-order valence-corrected chi connectivity index (χ4v) is 9.98. The second kappa shape index (κ2) is 13.6. The molecular formula is C36H66O4. The summed E-state index contributed by atoms with van der Waals surface area (Å²) in [7, 11) is 0.